The fourth-order valence-corrected chi connectivity index (χ4v) is 9.47. The molecule has 2 saturated heterocycles. The molecule has 4 N–H and O–H groups in total. The largest absolute Gasteiger partial charge is 0.453 e. The van der Waals surface area contributed by atoms with Crippen LogP contribution in [0.4, 0.5) is 9.59 Å². The molecule has 1 aliphatic carbocycles. The number of imidazole rings is 2. The van der Waals surface area contributed by atoms with Gasteiger partial charge in [-0.1, -0.05) is 75.7 Å². The number of aromatic nitrogens is 4. The predicted molar refractivity (Wildman–Crippen MR) is 238 cm³/mol. The van der Waals surface area contributed by atoms with E-state index in [0.29, 0.717) is 26.1 Å². The lowest BCUT2D eigenvalue weighted by Crippen LogP contribution is -2.51. The van der Waals surface area contributed by atoms with Gasteiger partial charge in [0.1, 0.15) is 23.7 Å². The molecule has 0 radical (unpaired) electrons. The molecule has 2 aliphatic heterocycles. The van der Waals surface area contributed by atoms with Gasteiger partial charge >= 0.3 is 12.2 Å². The summed E-state index contributed by atoms with van der Waals surface area (Å²) in [7, 11) is 4.15. The molecule has 63 heavy (non-hydrogen) atoms. The second-order valence-corrected chi connectivity index (χ2v) is 17.7. The summed E-state index contributed by atoms with van der Waals surface area (Å²) in [5.41, 5.74) is 6.00. The second-order valence-electron chi connectivity index (χ2n) is 17.7. The zero-order valence-electron chi connectivity index (χ0n) is 36.9. The van der Waals surface area contributed by atoms with E-state index in [9.17, 15) is 19.2 Å². The van der Waals surface area contributed by atoms with Crippen molar-refractivity contribution in [3.05, 3.63) is 84.7 Å². The van der Waals surface area contributed by atoms with Crippen LogP contribution in [0.2, 0.25) is 0 Å². The van der Waals surface area contributed by atoms with Gasteiger partial charge in [-0.2, -0.15) is 0 Å². The molecule has 2 aromatic heterocycles. The Morgan fingerprint density at radius 1 is 0.778 bits per heavy atom. The number of hydrogen-bond donors (Lipinski definition) is 4. The van der Waals surface area contributed by atoms with Crippen molar-refractivity contribution in [2.75, 3.05) is 41.0 Å². The number of likely N-dealkylation sites (tertiary alicyclic amines) is 2. The third-order valence-electron chi connectivity index (χ3n) is 13.3. The number of rotatable bonds is 14. The minimum absolute atomic E-state index is 0.108. The summed E-state index contributed by atoms with van der Waals surface area (Å²) in [5, 5.41) is 7.64. The number of benzene rings is 3. The van der Waals surface area contributed by atoms with Gasteiger partial charge in [0.15, 0.2) is 0 Å². The van der Waals surface area contributed by atoms with Crippen molar-refractivity contribution >= 4 is 34.8 Å². The van der Waals surface area contributed by atoms with Crippen LogP contribution in [0.5, 0.6) is 0 Å². The molecule has 1 spiro atoms. The number of amides is 4. The molecule has 0 bridgehead atoms. The average molecular weight is 859 g/mol. The fraction of sp³-hybridized carbons (Fsp3) is 0.458. The van der Waals surface area contributed by atoms with Gasteiger partial charge in [0.25, 0.3) is 0 Å². The lowest BCUT2D eigenvalue weighted by atomic mass is 9.96. The number of methoxy groups -OCH3 is 3. The summed E-state index contributed by atoms with van der Waals surface area (Å²) in [6.45, 7) is 7.51. The Balaban J connectivity index is 0.961. The summed E-state index contributed by atoms with van der Waals surface area (Å²) in [5.74, 6) is 1.30. The highest BCUT2D eigenvalue weighted by Crippen LogP contribution is 2.58. The Hall–Kier alpha value is -6.22. The highest BCUT2D eigenvalue weighted by atomic mass is 16.5. The lowest BCUT2D eigenvalue weighted by molar-refractivity contribution is -0.136. The molecule has 1 unspecified atom stereocenters. The number of H-pyrrole nitrogens is 2. The summed E-state index contributed by atoms with van der Waals surface area (Å²) in [6.07, 6.45) is 7.46. The van der Waals surface area contributed by atoms with Crippen LogP contribution < -0.4 is 10.6 Å². The van der Waals surface area contributed by atoms with Crippen molar-refractivity contribution < 1.29 is 33.4 Å². The van der Waals surface area contributed by atoms with E-state index in [0.717, 1.165) is 88.2 Å². The van der Waals surface area contributed by atoms with Gasteiger partial charge < -0.3 is 44.6 Å². The van der Waals surface area contributed by atoms with Gasteiger partial charge in [0, 0.05) is 38.8 Å². The summed E-state index contributed by atoms with van der Waals surface area (Å²) in [6, 6.07) is 19.3. The van der Waals surface area contributed by atoms with E-state index in [1.54, 1.807) is 7.11 Å². The number of alkyl carbamates (subject to hydrolysis) is 2. The maximum Gasteiger partial charge on any atom is 0.407 e. The van der Waals surface area contributed by atoms with Crippen molar-refractivity contribution in [1.82, 2.24) is 40.4 Å². The molecule has 332 valence electrons. The number of nitrogens with zero attached hydrogens (tertiary/aromatic N) is 4. The first kappa shape index (κ1) is 43.4. The van der Waals surface area contributed by atoms with Crippen molar-refractivity contribution in [1.29, 1.82) is 0 Å². The second kappa shape index (κ2) is 18.2. The van der Waals surface area contributed by atoms with E-state index in [4.69, 9.17) is 24.2 Å². The summed E-state index contributed by atoms with van der Waals surface area (Å²) < 4.78 is 14.8. The molecule has 3 aliphatic rings. The highest BCUT2D eigenvalue weighted by Gasteiger charge is 2.55. The van der Waals surface area contributed by atoms with Gasteiger partial charge in [-0.05, 0) is 82.5 Å². The zero-order valence-corrected chi connectivity index (χ0v) is 36.9. The summed E-state index contributed by atoms with van der Waals surface area (Å²) in [4.78, 5) is 72.4. The Labute approximate surface area is 367 Å². The van der Waals surface area contributed by atoms with Crippen LogP contribution in [-0.2, 0) is 23.8 Å². The van der Waals surface area contributed by atoms with Crippen LogP contribution in [0.25, 0.3) is 44.4 Å². The minimum atomic E-state index is -0.773. The highest BCUT2D eigenvalue weighted by molar-refractivity contribution is 5.91. The molecule has 5 atom stereocenters. The molecule has 4 amide bonds. The molecular formula is C48H58N8O7. The smallest absolute Gasteiger partial charge is 0.407 e. The van der Waals surface area contributed by atoms with E-state index >= 15 is 0 Å². The first-order valence-electron chi connectivity index (χ1n) is 22.0. The number of ether oxygens (including phenoxy) is 3. The number of fused-ring (bicyclic) bond motifs is 1. The third-order valence-corrected chi connectivity index (χ3v) is 13.3. The van der Waals surface area contributed by atoms with Crippen molar-refractivity contribution in [2.24, 2.45) is 17.3 Å². The molecule has 8 rings (SSSR count). The van der Waals surface area contributed by atoms with Crippen LogP contribution in [0.3, 0.4) is 0 Å². The van der Waals surface area contributed by atoms with Crippen LogP contribution in [0.15, 0.2) is 73.1 Å². The number of carbonyl (C=O) groups excluding carboxylic acids is 4. The first-order chi connectivity index (χ1) is 30.4. The Kier molecular flexibility index (Phi) is 12.6. The normalized spacial score (nSPS) is 20.0. The third kappa shape index (κ3) is 9.01. The summed E-state index contributed by atoms with van der Waals surface area (Å²) >= 11 is 0. The van der Waals surface area contributed by atoms with E-state index in [2.05, 4.69) is 88.2 Å². The van der Waals surface area contributed by atoms with E-state index < -0.39 is 24.3 Å². The monoisotopic (exact) mass is 858 g/mol. The number of carbonyl (C=O) groups is 4. The Morgan fingerprint density at radius 3 is 2.03 bits per heavy atom. The van der Waals surface area contributed by atoms with E-state index in [1.807, 2.05) is 36.0 Å². The molecule has 15 heteroatoms. The molecule has 1 saturated carbocycles. The van der Waals surface area contributed by atoms with Crippen molar-refractivity contribution in [2.45, 2.75) is 83.5 Å². The maximum absolute atomic E-state index is 13.9. The van der Waals surface area contributed by atoms with Crippen molar-refractivity contribution in [3.63, 3.8) is 0 Å². The van der Waals surface area contributed by atoms with Gasteiger partial charge in [-0.25, -0.2) is 19.6 Å². The molecular weight excluding hydrogens is 801 g/mol. The minimum Gasteiger partial charge on any atom is -0.453 e. The van der Waals surface area contributed by atoms with E-state index in [-0.39, 0.29) is 41.1 Å². The quantitative estimate of drug-likeness (QED) is 0.0866. The number of nitrogens with one attached hydrogen (secondary N) is 4. The van der Waals surface area contributed by atoms with Crippen LogP contribution in [0, 0.1) is 17.3 Å². The van der Waals surface area contributed by atoms with Crippen molar-refractivity contribution in [3.8, 4) is 33.6 Å². The fourth-order valence-electron chi connectivity index (χ4n) is 9.47. The van der Waals surface area contributed by atoms with Crippen LogP contribution in [-0.4, -0.2) is 107 Å². The number of aromatic amines is 2. The predicted octanol–water partition coefficient (Wildman–Crippen LogP) is 7.78. The SMILES string of the molecule is CC[C@@H]1CCN(C(=O)[C@H](CCOC)NC(=O)OC)[C@@H]1c1ncc(-c2ccc(-c3ccc4cc(-c5cnc([C@@H]6CC7(CC7)CN6C(=O)C(NC(=O)OC)C(C)C)[nH]5)ccc4c3)cc2)[nH]1. The van der Waals surface area contributed by atoms with Crippen LogP contribution >= 0.6 is 0 Å². The van der Waals surface area contributed by atoms with E-state index in [1.165, 1.54) is 14.2 Å². The van der Waals surface area contributed by atoms with Crippen LogP contribution in [0.1, 0.15) is 83.0 Å². The maximum atomic E-state index is 13.9. The average Bonchev–Trinajstić information content (AvgIpc) is 3.79. The molecule has 5 aromatic rings. The zero-order chi connectivity index (χ0) is 44.4. The van der Waals surface area contributed by atoms with Gasteiger partial charge in [-0.3, -0.25) is 9.59 Å². The molecule has 15 nitrogen and oxygen atoms in total. The molecule has 3 fully saturated rings. The first-order valence-corrected chi connectivity index (χ1v) is 22.0. The molecule has 4 heterocycles. The number of hydrogen-bond acceptors (Lipinski definition) is 9. The Morgan fingerprint density at radius 2 is 1.38 bits per heavy atom. The Bertz CT molecular complexity index is 2460. The topological polar surface area (TPSA) is 184 Å². The lowest BCUT2D eigenvalue weighted by Gasteiger charge is -2.30. The van der Waals surface area contributed by atoms with Gasteiger partial charge in [0.05, 0.1) is 50.1 Å². The molecule has 3 aromatic carbocycles. The van der Waals surface area contributed by atoms with Gasteiger partial charge in [0.2, 0.25) is 11.8 Å². The standard InChI is InChI=1S/C48H58N8O7/c1-7-29-16-20-55(44(57)36(17-21-61-4)53-46(59)62-5)41(29)43-50-25-37(52-43)31-10-8-30(9-11-31)32-12-13-34-23-35(15-14-33(34)22-32)38-26-49-42(51-38)39-24-48(18-19-48)27-56(39)45(58)40(28(2)3)54-47(60)63-6/h8-15,22-23,25-26,28-29,36,39-41H,7,16-21,24,27H2,1-6H3,(H,49,51)(H,50,52)(H,53,59)(H,54,60)/t29-,36+,39+,40?,41+/m1/s1. The van der Waals surface area contributed by atoms with Gasteiger partial charge in [-0.15, -0.1) is 0 Å².